The molecule has 6 N–H and O–H groups in total. The largest absolute Gasteiger partial charge is 0.417 e. The number of nitrogens with zero attached hydrogens (tertiary/aromatic N) is 2. The number of hydrogen-bond donors (Lipinski definition) is 4. The van der Waals surface area contributed by atoms with Crippen molar-refractivity contribution in [2.45, 2.75) is 6.18 Å². The summed E-state index contributed by atoms with van der Waals surface area (Å²) in [5, 5.41) is -1.84. The Hall–Kier alpha value is -2.36. The van der Waals surface area contributed by atoms with Crippen LogP contribution < -0.4 is 16.8 Å². The Morgan fingerprint density at radius 3 is 2.33 bits per heavy atom. The second-order valence-electron chi connectivity index (χ2n) is 4.84. The Bertz CT molecular complexity index is 909. The highest BCUT2D eigenvalue weighted by Gasteiger charge is 2.40. The molecule has 8 nitrogen and oxygen atoms in total. The Labute approximate surface area is 132 Å². The summed E-state index contributed by atoms with van der Waals surface area (Å²) in [6.45, 7) is 0. The molecule has 1 aromatic heterocycles. The smallest absolute Gasteiger partial charge is 0.370 e. The zero-order valence-corrected chi connectivity index (χ0v) is 13.0. The number of rotatable bonds is 2. The van der Waals surface area contributed by atoms with Crippen molar-refractivity contribution >= 4 is 35.7 Å². The van der Waals surface area contributed by atoms with Crippen molar-refractivity contribution in [2.75, 3.05) is 0 Å². The Morgan fingerprint density at radius 2 is 1.88 bits per heavy atom. The van der Waals surface area contributed by atoms with Crippen molar-refractivity contribution < 1.29 is 32.3 Å². The Kier molecular flexibility index (Phi) is 4.21. The molecule has 1 heterocycles. The standard InChI is InChI=1S/C12H12F3N4O4P/c1-19-6-4-2-3-5(12(13,14)15)7(6)9(24(21,22)23)8(19)10(20)18-11(16)17/h2-4H,1H3,(H2,21,22,23)(H4,16,17,18,20). The quantitative estimate of drug-likeness (QED) is 0.345. The molecule has 24 heavy (non-hydrogen) atoms. The normalized spacial score (nSPS) is 12.4. The Balaban J connectivity index is 3.06. The number of benzene rings is 1. The Morgan fingerprint density at radius 1 is 1.29 bits per heavy atom. The SMILES string of the molecule is Cn1c(C(=O)N=C(N)N)c(P(=O)(O)O)c2c(C(F)(F)F)cccc21. The van der Waals surface area contributed by atoms with Crippen LogP contribution in [0.4, 0.5) is 13.2 Å². The van der Waals surface area contributed by atoms with Crippen molar-refractivity contribution in [1.29, 1.82) is 0 Å². The van der Waals surface area contributed by atoms with E-state index in [9.17, 15) is 32.3 Å². The molecule has 0 aliphatic carbocycles. The molecular weight excluding hydrogens is 352 g/mol. The van der Waals surface area contributed by atoms with Gasteiger partial charge in [0.15, 0.2) is 5.96 Å². The maximum Gasteiger partial charge on any atom is 0.417 e. The van der Waals surface area contributed by atoms with Gasteiger partial charge in [-0.15, -0.1) is 0 Å². The summed E-state index contributed by atoms with van der Waals surface area (Å²) in [6.07, 6.45) is -4.89. The van der Waals surface area contributed by atoms with Gasteiger partial charge in [0.05, 0.1) is 5.56 Å². The molecule has 0 fully saturated rings. The molecule has 0 aliphatic rings. The van der Waals surface area contributed by atoms with E-state index in [1.54, 1.807) is 0 Å². The number of aryl methyl sites for hydroxylation is 1. The monoisotopic (exact) mass is 364 g/mol. The maximum atomic E-state index is 13.2. The number of amides is 1. The van der Waals surface area contributed by atoms with Gasteiger partial charge in [0, 0.05) is 18.0 Å². The van der Waals surface area contributed by atoms with Crippen LogP contribution in [0.25, 0.3) is 10.9 Å². The number of aromatic nitrogens is 1. The molecule has 0 aliphatic heterocycles. The van der Waals surface area contributed by atoms with Crippen molar-refractivity contribution in [2.24, 2.45) is 23.5 Å². The molecule has 1 aromatic carbocycles. The lowest BCUT2D eigenvalue weighted by molar-refractivity contribution is -0.136. The van der Waals surface area contributed by atoms with E-state index in [0.717, 1.165) is 10.6 Å². The fourth-order valence-electron chi connectivity index (χ4n) is 2.40. The van der Waals surface area contributed by atoms with E-state index in [-0.39, 0.29) is 5.52 Å². The summed E-state index contributed by atoms with van der Waals surface area (Å²) in [7, 11) is -4.09. The van der Waals surface area contributed by atoms with E-state index >= 15 is 0 Å². The second-order valence-corrected chi connectivity index (χ2v) is 6.37. The van der Waals surface area contributed by atoms with E-state index in [1.165, 1.54) is 13.1 Å². The van der Waals surface area contributed by atoms with Crippen LogP contribution in [0.15, 0.2) is 23.2 Å². The number of carbonyl (C=O) groups is 1. The van der Waals surface area contributed by atoms with Crippen LogP contribution in [0.2, 0.25) is 0 Å². The van der Waals surface area contributed by atoms with Gasteiger partial charge in [-0.2, -0.15) is 18.2 Å². The molecular formula is C12H12F3N4O4P. The number of guanidine groups is 1. The average Bonchev–Trinajstić information content (AvgIpc) is 2.70. The van der Waals surface area contributed by atoms with Crippen molar-refractivity contribution in [3.05, 3.63) is 29.5 Å². The fourth-order valence-corrected chi connectivity index (χ4v) is 3.45. The number of fused-ring (bicyclic) bond motifs is 1. The molecule has 0 saturated heterocycles. The van der Waals surface area contributed by atoms with Crippen LogP contribution in [-0.2, 0) is 17.8 Å². The van der Waals surface area contributed by atoms with Crippen molar-refractivity contribution in [3.63, 3.8) is 0 Å². The molecule has 0 atom stereocenters. The van der Waals surface area contributed by atoms with E-state index in [4.69, 9.17) is 11.5 Å². The van der Waals surface area contributed by atoms with Crippen LogP contribution >= 0.6 is 7.60 Å². The lowest BCUT2D eigenvalue weighted by Crippen LogP contribution is -2.26. The number of aliphatic imine (C=N–C) groups is 1. The van der Waals surface area contributed by atoms with Crippen molar-refractivity contribution in [3.8, 4) is 0 Å². The zero-order valence-electron chi connectivity index (χ0n) is 12.1. The summed E-state index contributed by atoms with van der Waals surface area (Å²) in [5.41, 5.74) is 7.92. The molecule has 0 spiro atoms. The lowest BCUT2D eigenvalue weighted by Gasteiger charge is -2.10. The molecule has 0 unspecified atom stereocenters. The molecule has 2 rings (SSSR count). The second kappa shape index (κ2) is 5.62. The highest BCUT2D eigenvalue weighted by atomic mass is 31.2. The highest BCUT2D eigenvalue weighted by Crippen LogP contribution is 2.43. The van der Waals surface area contributed by atoms with Gasteiger partial charge in [-0.05, 0) is 12.1 Å². The van der Waals surface area contributed by atoms with Gasteiger partial charge < -0.3 is 25.8 Å². The van der Waals surface area contributed by atoms with Gasteiger partial charge in [0.1, 0.15) is 11.0 Å². The molecule has 2 aromatic rings. The topological polar surface area (TPSA) is 144 Å². The molecule has 12 heteroatoms. The zero-order chi connectivity index (χ0) is 18.4. The number of alkyl halides is 3. The van der Waals surface area contributed by atoms with Crippen LogP contribution in [0.5, 0.6) is 0 Å². The molecule has 0 radical (unpaired) electrons. The maximum absolute atomic E-state index is 13.2. The third kappa shape index (κ3) is 3.01. The first-order valence-electron chi connectivity index (χ1n) is 6.24. The van der Waals surface area contributed by atoms with Crippen LogP contribution in [-0.4, -0.2) is 26.2 Å². The van der Waals surface area contributed by atoms with E-state index in [2.05, 4.69) is 4.99 Å². The minimum Gasteiger partial charge on any atom is -0.370 e. The summed E-state index contributed by atoms with van der Waals surface area (Å²) < 4.78 is 52.4. The fraction of sp³-hybridized carbons (Fsp3) is 0.167. The molecule has 0 saturated carbocycles. The minimum atomic E-state index is -5.27. The number of hydrogen-bond acceptors (Lipinski definition) is 2. The third-order valence-corrected chi connectivity index (χ3v) is 4.25. The number of nitrogens with two attached hydrogens (primary N) is 2. The molecule has 130 valence electrons. The minimum absolute atomic E-state index is 0.197. The number of carbonyl (C=O) groups excluding carboxylic acids is 1. The van der Waals surface area contributed by atoms with Crippen LogP contribution in [0.3, 0.4) is 0 Å². The summed E-state index contributed by atoms with van der Waals surface area (Å²) in [5.74, 6) is -1.96. The molecule has 0 bridgehead atoms. The van der Waals surface area contributed by atoms with Crippen LogP contribution in [0, 0.1) is 0 Å². The van der Waals surface area contributed by atoms with E-state index < -0.39 is 47.6 Å². The summed E-state index contributed by atoms with van der Waals surface area (Å²) in [4.78, 5) is 34.3. The van der Waals surface area contributed by atoms with E-state index in [0.29, 0.717) is 6.07 Å². The van der Waals surface area contributed by atoms with Gasteiger partial charge in [-0.25, -0.2) is 0 Å². The first kappa shape index (κ1) is 18.0. The van der Waals surface area contributed by atoms with E-state index in [1.807, 2.05) is 0 Å². The van der Waals surface area contributed by atoms with Gasteiger partial charge in [0.25, 0.3) is 5.91 Å². The van der Waals surface area contributed by atoms with Gasteiger partial charge >= 0.3 is 13.8 Å². The van der Waals surface area contributed by atoms with Gasteiger partial charge in [-0.1, -0.05) is 6.07 Å². The average molecular weight is 364 g/mol. The van der Waals surface area contributed by atoms with Gasteiger partial charge in [-0.3, -0.25) is 9.36 Å². The van der Waals surface area contributed by atoms with Crippen LogP contribution in [0.1, 0.15) is 16.1 Å². The summed E-state index contributed by atoms with van der Waals surface area (Å²) >= 11 is 0. The van der Waals surface area contributed by atoms with Crippen molar-refractivity contribution in [1.82, 2.24) is 4.57 Å². The predicted molar refractivity (Wildman–Crippen MR) is 79.7 cm³/mol. The predicted octanol–water partition coefficient (Wildman–Crippen LogP) is 0.414. The highest BCUT2D eigenvalue weighted by molar-refractivity contribution is 7.61. The third-order valence-electron chi connectivity index (χ3n) is 3.23. The first-order chi connectivity index (χ1) is 10.9. The molecule has 1 amide bonds. The lowest BCUT2D eigenvalue weighted by atomic mass is 10.1. The van der Waals surface area contributed by atoms with Gasteiger partial charge in [0.2, 0.25) is 0 Å². The number of halogens is 3. The summed E-state index contributed by atoms with van der Waals surface area (Å²) in [6, 6.07) is 2.91. The first-order valence-corrected chi connectivity index (χ1v) is 7.85.